The zero-order valence-corrected chi connectivity index (χ0v) is 18.4. The summed E-state index contributed by atoms with van der Waals surface area (Å²) < 4.78 is 7.29. The topological polar surface area (TPSA) is 112 Å². The SMILES string of the molecule is COc1ccc(C)cc1NC(=O)[C@H](C)Sc1nnc(CCC(N)=O)n1CC(C)C. The van der Waals surface area contributed by atoms with Crippen molar-refractivity contribution in [2.75, 3.05) is 12.4 Å². The second kappa shape index (κ2) is 10.3. The number of aromatic nitrogens is 3. The highest BCUT2D eigenvalue weighted by atomic mass is 32.2. The molecule has 2 amide bonds. The van der Waals surface area contributed by atoms with Crippen molar-refractivity contribution in [1.29, 1.82) is 0 Å². The molecule has 1 aromatic heterocycles. The molecule has 0 spiro atoms. The molecule has 3 N–H and O–H groups in total. The molecule has 9 heteroatoms. The molecule has 0 bridgehead atoms. The largest absolute Gasteiger partial charge is 0.495 e. The standard InChI is InChI=1S/C20H29N5O3S/c1-12(2)11-25-18(9-8-17(21)26)23-24-20(25)29-14(4)19(27)22-15-10-13(3)6-7-16(15)28-5/h6-7,10,12,14H,8-9,11H2,1-5H3,(H2,21,26)(H,22,27)/t14-/m0/s1. The van der Waals surface area contributed by atoms with Crippen molar-refractivity contribution < 1.29 is 14.3 Å². The normalized spacial score (nSPS) is 12.1. The van der Waals surface area contributed by atoms with Gasteiger partial charge in [-0.05, 0) is 37.5 Å². The van der Waals surface area contributed by atoms with Crippen LogP contribution in [0.4, 0.5) is 5.69 Å². The lowest BCUT2D eigenvalue weighted by atomic mass is 10.2. The second-order valence-electron chi connectivity index (χ2n) is 7.32. The molecular weight excluding hydrogens is 390 g/mol. The summed E-state index contributed by atoms with van der Waals surface area (Å²) in [7, 11) is 1.57. The van der Waals surface area contributed by atoms with Crippen molar-refractivity contribution in [3.05, 3.63) is 29.6 Å². The molecule has 2 rings (SSSR count). The summed E-state index contributed by atoms with van der Waals surface area (Å²) in [6.45, 7) is 8.65. The minimum atomic E-state index is -0.403. The number of ether oxygens (including phenoxy) is 1. The molecule has 0 radical (unpaired) electrons. The van der Waals surface area contributed by atoms with Crippen LogP contribution in [0.15, 0.2) is 23.4 Å². The van der Waals surface area contributed by atoms with Gasteiger partial charge in [0, 0.05) is 19.4 Å². The predicted molar refractivity (Wildman–Crippen MR) is 114 cm³/mol. The lowest BCUT2D eigenvalue weighted by Gasteiger charge is -2.16. The maximum Gasteiger partial charge on any atom is 0.237 e. The third-order valence-corrected chi connectivity index (χ3v) is 5.28. The van der Waals surface area contributed by atoms with E-state index in [0.717, 1.165) is 5.56 Å². The molecule has 1 atom stereocenters. The summed E-state index contributed by atoms with van der Waals surface area (Å²) in [6, 6.07) is 5.62. The fraction of sp³-hybridized carbons (Fsp3) is 0.500. The number of aryl methyl sites for hydroxylation is 2. The van der Waals surface area contributed by atoms with Crippen LogP contribution in [0.1, 0.15) is 38.6 Å². The maximum atomic E-state index is 12.7. The minimum Gasteiger partial charge on any atom is -0.495 e. The number of hydrogen-bond donors (Lipinski definition) is 2. The zero-order valence-electron chi connectivity index (χ0n) is 17.6. The Hall–Kier alpha value is -2.55. The van der Waals surface area contributed by atoms with Gasteiger partial charge in [0.15, 0.2) is 5.16 Å². The number of primary amides is 1. The average molecular weight is 420 g/mol. The summed E-state index contributed by atoms with van der Waals surface area (Å²) in [4.78, 5) is 23.9. The van der Waals surface area contributed by atoms with E-state index in [1.807, 2.05) is 36.6 Å². The molecule has 0 aliphatic heterocycles. The Labute approximate surface area is 175 Å². The summed E-state index contributed by atoms with van der Waals surface area (Å²) in [5.74, 6) is 1.14. The van der Waals surface area contributed by atoms with Gasteiger partial charge in [0.2, 0.25) is 11.8 Å². The van der Waals surface area contributed by atoms with Crippen molar-refractivity contribution in [3.63, 3.8) is 0 Å². The number of anilines is 1. The van der Waals surface area contributed by atoms with Crippen LogP contribution in [0.2, 0.25) is 0 Å². The molecule has 0 saturated carbocycles. The van der Waals surface area contributed by atoms with Crippen LogP contribution in [-0.4, -0.2) is 38.9 Å². The lowest BCUT2D eigenvalue weighted by molar-refractivity contribution is -0.118. The number of rotatable bonds is 10. The molecule has 0 unspecified atom stereocenters. The third-order valence-electron chi connectivity index (χ3n) is 4.20. The third kappa shape index (κ3) is 6.49. The van der Waals surface area contributed by atoms with Gasteiger partial charge in [0.05, 0.1) is 18.0 Å². The lowest BCUT2D eigenvalue weighted by Crippen LogP contribution is -2.23. The van der Waals surface area contributed by atoms with E-state index in [-0.39, 0.29) is 18.2 Å². The van der Waals surface area contributed by atoms with Crippen LogP contribution in [0.5, 0.6) is 5.75 Å². The number of hydrogen-bond acceptors (Lipinski definition) is 6. The molecule has 8 nitrogen and oxygen atoms in total. The number of nitrogens with one attached hydrogen (secondary N) is 1. The number of thioether (sulfide) groups is 1. The fourth-order valence-corrected chi connectivity index (χ4v) is 3.62. The first-order valence-corrected chi connectivity index (χ1v) is 10.4. The molecule has 0 fully saturated rings. The smallest absolute Gasteiger partial charge is 0.237 e. The Bertz CT molecular complexity index is 866. The van der Waals surface area contributed by atoms with Crippen LogP contribution in [-0.2, 0) is 22.6 Å². The maximum absolute atomic E-state index is 12.7. The monoisotopic (exact) mass is 419 g/mol. The van der Waals surface area contributed by atoms with Gasteiger partial charge in [-0.2, -0.15) is 0 Å². The molecule has 0 aliphatic carbocycles. The summed E-state index contributed by atoms with van der Waals surface area (Å²) in [6.07, 6.45) is 0.640. The highest BCUT2D eigenvalue weighted by molar-refractivity contribution is 8.00. The van der Waals surface area contributed by atoms with Crippen molar-refractivity contribution in [2.45, 2.75) is 57.5 Å². The molecule has 0 saturated heterocycles. The fourth-order valence-electron chi connectivity index (χ4n) is 2.74. The van der Waals surface area contributed by atoms with Crippen LogP contribution < -0.4 is 15.8 Å². The molecule has 1 aromatic carbocycles. The number of nitrogens with zero attached hydrogens (tertiary/aromatic N) is 3. The van der Waals surface area contributed by atoms with Gasteiger partial charge in [-0.1, -0.05) is 31.7 Å². The van der Waals surface area contributed by atoms with Crippen molar-refractivity contribution in [3.8, 4) is 5.75 Å². The van der Waals surface area contributed by atoms with E-state index in [1.165, 1.54) is 11.8 Å². The number of amides is 2. The average Bonchev–Trinajstić information content (AvgIpc) is 3.01. The van der Waals surface area contributed by atoms with Crippen molar-refractivity contribution >= 4 is 29.3 Å². The van der Waals surface area contributed by atoms with E-state index >= 15 is 0 Å². The van der Waals surface area contributed by atoms with Crippen LogP contribution in [0.25, 0.3) is 0 Å². The molecular formula is C20H29N5O3S. The first kappa shape index (κ1) is 22.7. The zero-order chi connectivity index (χ0) is 21.6. The molecule has 0 aliphatic rings. The number of nitrogens with two attached hydrogens (primary N) is 1. The highest BCUT2D eigenvalue weighted by Gasteiger charge is 2.22. The van der Waals surface area contributed by atoms with E-state index < -0.39 is 5.25 Å². The molecule has 158 valence electrons. The van der Waals surface area contributed by atoms with Gasteiger partial charge < -0.3 is 20.4 Å². The van der Waals surface area contributed by atoms with E-state index in [4.69, 9.17) is 10.5 Å². The predicted octanol–water partition coefficient (Wildman–Crippen LogP) is 2.79. The highest BCUT2D eigenvalue weighted by Crippen LogP contribution is 2.28. The van der Waals surface area contributed by atoms with E-state index in [0.29, 0.717) is 41.3 Å². The van der Waals surface area contributed by atoms with Gasteiger partial charge in [-0.15, -0.1) is 10.2 Å². The Morgan fingerprint density at radius 1 is 1.28 bits per heavy atom. The number of carbonyl (C=O) groups is 2. The Morgan fingerprint density at radius 2 is 2.00 bits per heavy atom. The summed E-state index contributed by atoms with van der Waals surface area (Å²) in [5, 5.41) is 11.6. The van der Waals surface area contributed by atoms with E-state index in [9.17, 15) is 9.59 Å². The first-order valence-electron chi connectivity index (χ1n) is 9.53. The molecule has 2 aromatic rings. The first-order chi connectivity index (χ1) is 13.7. The molecule has 1 heterocycles. The number of methoxy groups -OCH3 is 1. The Balaban J connectivity index is 2.14. The Kier molecular flexibility index (Phi) is 8.07. The molecule has 29 heavy (non-hydrogen) atoms. The van der Waals surface area contributed by atoms with Crippen LogP contribution in [0, 0.1) is 12.8 Å². The second-order valence-corrected chi connectivity index (χ2v) is 8.63. The number of carbonyl (C=O) groups excluding carboxylic acids is 2. The van der Waals surface area contributed by atoms with Crippen molar-refractivity contribution in [1.82, 2.24) is 14.8 Å². The van der Waals surface area contributed by atoms with Gasteiger partial charge >= 0.3 is 0 Å². The summed E-state index contributed by atoms with van der Waals surface area (Å²) in [5.41, 5.74) is 6.92. The van der Waals surface area contributed by atoms with Crippen LogP contribution >= 0.6 is 11.8 Å². The number of benzene rings is 1. The van der Waals surface area contributed by atoms with E-state index in [1.54, 1.807) is 7.11 Å². The Morgan fingerprint density at radius 3 is 2.62 bits per heavy atom. The van der Waals surface area contributed by atoms with Crippen LogP contribution in [0.3, 0.4) is 0 Å². The quantitative estimate of drug-likeness (QED) is 0.573. The van der Waals surface area contributed by atoms with Gasteiger partial charge in [-0.3, -0.25) is 9.59 Å². The van der Waals surface area contributed by atoms with Gasteiger partial charge in [0.25, 0.3) is 0 Å². The van der Waals surface area contributed by atoms with Gasteiger partial charge in [0.1, 0.15) is 11.6 Å². The van der Waals surface area contributed by atoms with Crippen molar-refractivity contribution in [2.24, 2.45) is 11.7 Å². The van der Waals surface area contributed by atoms with E-state index in [2.05, 4.69) is 29.4 Å². The van der Waals surface area contributed by atoms with Gasteiger partial charge in [-0.25, -0.2) is 0 Å². The summed E-state index contributed by atoms with van der Waals surface area (Å²) >= 11 is 1.33. The minimum absolute atomic E-state index is 0.156.